The summed E-state index contributed by atoms with van der Waals surface area (Å²) in [5.74, 6) is 5.29. The van der Waals surface area contributed by atoms with Crippen LogP contribution >= 0.6 is 0 Å². The van der Waals surface area contributed by atoms with Gasteiger partial charge in [-0.1, -0.05) is 30.0 Å². The Kier molecular flexibility index (Phi) is 4.95. The number of fused-ring (bicyclic) bond motifs is 1. The first-order valence-electron chi connectivity index (χ1n) is 9.01. The molecule has 0 bridgehead atoms. The van der Waals surface area contributed by atoms with Gasteiger partial charge >= 0.3 is 5.97 Å². The molecule has 2 heterocycles. The van der Waals surface area contributed by atoms with Gasteiger partial charge in [0.15, 0.2) is 0 Å². The number of imidazole rings is 1. The van der Waals surface area contributed by atoms with E-state index in [-0.39, 0.29) is 11.1 Å². The Balaban J connectivity index is 1.66. The Bertz CT molecular complexity index is 1290. The summed E-state index contributed by atoms with van der Waals surface area (Å²) >= 11 is 0. The van der Waals surface area contributed by atoms with Gasteiger partial charge in [0, 0.05) is 41.5 Å². The van der Waals surface area contributed by atoms with Crippen LogP contribution in [-0.2, 0) is 13.0 Å². The van der Waals surface area contributed by atoms with E-state index < -0.39 is 5.97 Å². The van der Waals surface area contributed by atoms with Crippen LogP contribution in [-0.4, -0.2) is 25.6 Å². The van der Waals surface area contributed by atoms with E-state index in [2.05, 4.69) is 21.8 Å². The Labute approximate surface area is 166 Å². The molecule has 0 aliphatic carbocycles. The van der Waals surface area contributed by atoms with E-state index in [9.17, 15) is 9.59 Å². The maximum absolute atomic E-state index is 12.1. The molecule has 4 aromatic rings. The summed E-state index contributed by atoms with van der Waals surface area (Å²) in [6.07, 6.45) is 5.77. The van der Waals surface area contributed by atoms with Crippen molar-refractivity contribution in [2.24, 2.45) is 0 Å². The van der Waals surface area contributed by atoms with Gasteiger partial charge in [-0.15, -0.1) is 0 Å². The van der Waals surface area contributed by atoms with Crippen molar-refractivity contribution in [1.29, 1.82) is 0 Å². The van der Waals surface area contributed by atoms with Gasteiger partial charge in [0.1, 0.15) is 0 Å². The molecule has 0 radical (unpaired) electrons. The molecule has 0 unspecified atom stereocenters. The summed E-state index contributed by atoms with van der Waals surface area (Å²) in [5.41, 5.74) is 2.60. The van der Waals surface area contributed by atoms with Crippen LogP contribution in [0.3, 0.4) is 0 Å². The highest BCUT2D eigenvalue weighted by Gasteiger charge is 2.07. The molecule has 0 atom stereocenters. The van der Waals surface area contributed by atoms with Crippen LogP contribution in [0.15, 0.2) is 72.0 Å². The maximum atomic E-state index is 12.1. The van der Waals surface area contributed by atoms with Crippen LogP contribution in [0.25, 0.3) is 10.8 Å². The minimum Gasteiger partial charge on any atom is -0.478 e. The molecular formula is C23H17N3O3. The molecule has 6 nitrogen and oxygen atoms in total. The lowest BCUT2D eigenvalue weighted by Gasteiger charge is -2.08. The number of pyridine rings is 1. The highest BCUT2D eigenvalue weighted by molar-refractivity contribution is 5.88. The molecule has 0 fully saturated rings. The summed E-state index contributed by atoms with van der Waals surface area (Å²) in [6.45, 7) is 0.548. The van der Waals surface area contributed by atoms with Crippen LogP contribution in [0.4, 0.5) is 0 Å². The molecule has 2 N–H and O–H groups in total. The minimum atomic E-state index is -0.964. The quantitative estimate of drug-likeness (QED) is 0.530. The Morgan fingerprint density at radius 1 is 1.14 bits per heavy atom. The predicted octanol–water partition coefficient (Wildman–Crippen LogP) is 3.07. The SMILES string of the molecule is O=C(O)c1ccc(Cc2[nH]c(=O)cc3ccc(C#CCn4ccnc4)cc23)cc1. The molecule has 6 heteroatoms. The number of benzene rings is 2. The number of hydrogen-bond donors (Lipinski definition) is 2. The number of carboxylic acid groups (broad SMARTS) is 1. The number of nitrogens with one attached hydrogen (secondary N) is 1. The minimum absolute atomic E-state index is 0.173. The molecule has 0 aliphatic heterocycles. The summed E-state index contributed by atoms with van der Waals surface area (Å²) in [7, 11) is 0. The molecule has 2 aromatic carbocycles. The molecule has 0 saturated carbocycles. The Morgan fingerprint density at radius 2 is 1.97 bits per heavy atom. The number of carboxylic acids is 1. The van der Waals surface area contributed by atoms with Gasteiger partial charge in [0.2, 0.25) is 5.56 Å². The van der Waals surface area contributed by atoms with Crippen LogP contribution in [0, 0.1) is 11.8 Å². The molecule has 29 heavy (non-hydrogen) atoms. The summed E-state index contributed by atoms with van der Waals surface area (Å²) in [5, 5.41) is 10.8. The highest BCUT2D eigenvalue weighted by atomic mass is 16.4. The van der Waals surface area contributed by atoms with Crippen molar-refractivity contribution in [3.63, 3.8) is 0 Å². The molecular weight excluding hydrogens is 366 g/mol. The lowest BCUT2D eigenvalue weighted by molar-refractivity contribution is 0.0697. The monoisotopic (exact) mass is 383 g/mol. The molecule has 142 valence electrons. The van der Waals surface area contributed by atoms with Gasteiger partial charge in [0.25, 0.3) is 0 Å². The van der Waals surface area contributed by atoms with Crippen LogP contribution in [0.5, 0.6) is 0 Å². The second-order valence-corrected chi connectivity index (χ2v) is 6.63. The zero-order valence-electron chi connectivity index (χ0n) is 15.4. The molecule has 0 amide bonds. The Morgan fingerprint density at radius 3 is 2.69 bits per heavy atom. The smallest absolute Gasteiger partial charge is 0.335 e. The van der Waals surface area contributed by atoms with E-state index in [0.717, 1.165) is 27.6 Å². The van der Waals surface area contributed by atoms with E-state index in [4.69, 9.17) is 5.11 Å². The number of nitrogens with zero attached hydrogens (tertiary/aromatic N) is 2. The van der Waals surface area contributed by atoms with Crippen molar-refractivity contribution in [1.82, 2.24) is 14.5 Å². The number of hydrogen-bond acceptors (Lipinski definition) is 3. The number of carbonyl (C=O) groups is 1. The third-order valence-corrected chi connectivity index (χ3v) is 4.57. The van der Waals surface area contributed by atoms with E-state index >= 15 is 0 Å². The molecule has 0 saturated heterocycles. The summed E-state index contributed by atoms with van der Waals surface area (Å²) in [4.78, 5) is 30.0. The first-order chi connectivity index (χ1) is 14.1. The predicted molar refractivity (Wildman–Crippen MR) is 110 cm³/mol. The molecule has 0 aliphatic rings. The third-order valence-electron chi connectivity index (χ3n) is 4.57. The number of H-pyrrole nitrogens is 1. The van der Waals surface area contributed by atoms with Crippen molar-refractivity contribution < 1.29 is 9.90 Å². The van der Waals surface area contributed by atoms with Crippen molar-refractivity contribution in [2.75, 3.05) is 0 Å². The van der Waals surface area contributed by atoms with E-state index in [1.807, 2.05) is 29.0 Å². The average Bonchev–Trinajstić information content (AvgIpc) is 3.22. The Hall–Kier alpha value is -4.11. The molecule has 0 spiro atoms. The van der Waals surface area contributed by atoms with Gasteiger partial charge in [-0.3, -0.25) is 4.79 Å². The lowest BCUT2D eigenvalue weighted by Crippen LogP contribution is -2.08. The average molecular weight is 383 g/mol. The summed E-state index contributed by atoms with van der Waals surface area (Å²) < 4.78 is 1.89. The van der Waals surface area contributed by atoms with Crippen molar-refractivity contribution in [2.45, 2.75) is 13.0 Å². The first-order valence-corrected chi connectivity index (χ1v) is 9.01. The zero-order valence-corrected chi connectivity index (χ0v) is 15.4. The van der Waals surface area contributed by atoms with Gasteiger partial charge in [0.05, 0.1) is 18.4 Å². The van der Waals surface area contributed by atoms with Crippen molar-refractivity contribution in [3.8, 4) is 11.8 Å². The second kappa shape index (κ2) is 7.87. The first kappa shape index (κ1) is 18.3. The van der Waals surface area contributed by atoms with Gasteiger partial charge in [-0.2, -0.15) is 0 Å². The van der Waals surface area contributed by atoms with E-state index in [1.54, 1.807) is 42.9 Å². The van der Waals surface area contributed by atoms with Crippen LogP contribution in [0.1, 0.15) is 27.2 Å². The van der Waals surface area contributed by atoms with Crippen molar-refractivity contribution in [3.05, 3.63) is 100.0 Å². The fourth-order valence-electron chi connectivity index (χ4n) is 3.14. The third kappa shape index (κ3) is 4.25. The molecule has 4 rings (SSSR count). The maximum Gasteiger partial charge on any atom is 0.335 e. The zero-order chi connectivity index (χ0) is 20.2. The second-order valence-electron chi connectivity index (χ2n) is 6.63. The van der Waals surface area contributed by atoms with E-state index in [1.165, 1.54) is 0 Å². The number of aromatic amines is 1. The lowest BCUT2D eigenvalue weighted by atomic mass is 10.0. The fraction of sp³-hybridized carbons (Fsp3) is 0.0870. The highest BCUT2D eigenvalue weighted by Crippen LogP contribution is 2.20. The standard InChI is InChI=1S/C23H17N3O3/c27-22-14-19-8-5-16(2-1-10-26-11-9-24-15-26)12-20(19)21(25-22)13-17-3-6-18(7-4-17)23(28)29/h3-9,11-12,14-15H,10,13H2,(H,25,27)(H,28,29). The topological polar surface area (TPSA) is 88.0 Å². The number of rotatable bonds is 4. The largest absolute Gasteiger partial charge is 0.478 e. The van der Waals surface area contributed by atoms with E-state index in [0.29, 0.717) is 13.0 Å². The fourth-order valence-corrected chi connectivity index (χ4v) is 3.14. The van der Waals surface area contributed by atoms with Crippen LogP contribution in [0.2, 0.25) is 0 Å². The van der Waals surface area contributed by atoms with Crippen molar-refractivity contribution >= 4 is 16.7 Å². The normalized spacial score (nSPS) is 10.5. The van der Waals surface area contributed by atoms with Gasteiger partial charge < -0.3 is 14.7 Å². The van der Waals surface area contributed by atoms with Gasteiger partial charge in [-0.05, 0) is 35.2 Å². The number of aromatic nitrogens is 3. The van der Waals surface area contributed by atoms with Gasteiger partial charge in [-0.25, -0.2) is 9.78 Å². The van der Waals surface area contributed by atoms with Crippen LogP contribution < -0.4 is 5.56 Å². The number of aromatic carboxylic acids is 1. The summed E-state index contributed by atoms with van der Waals surface area (Å²) in [6, 6.07) is 14.0. The molecule has 2 aromatic heterocycles.